The zero-order valence-corrected chi connectivity index (χ0v) is 24.5. The largest absolute Gasteiger partial charge is 0.462 e. The van der Waals surface area contributed by atoms with Crippen LogP contribution in [0.25, 0.3) is 0 Å². The van der Waals surface area contributed by atoms with Crippen LogP contribution in [-0.2, 0) is 42.8 Å². The summed E-state index contributed by atoms with van der Waals surface area (Å²) in [5, 5.41) is 0. The summed E-state index contributed by atoms with van der Waals surface area (Å²) in [7, 11) is 0. The maximum atomic E-state index is 12.9. The van der Waals surface area contributed by atoms with Gasteiger partial charge in [-0.05, 0) is 80.1 Å². The van der Waals surface area contributed by atoms with Gasteiger partial charge in [0.15, 0.2) is 0 Å². The molecule has 0 unspecified atom stereocenters. The molecular formula is C30H48O9. The minimum Gasteiger partial charge on any atom is -0.462 e. The van der Waals surface area contributed by atoms with E-state index < -0.39 is 0 Å². The lowest BCUT2D eigenvalue weighted by atomic mass is 10.0. The molecule has 4 rings (SSSR count). The molecule has 4 fully saturated rings. The maximum absolute atomic E-state index is 12.9. The smallest absolute Gasteiger partial charge is 0.311 e. The van der Waals surface area contributed by atoms with E-state index in [2.05, 4.69) is 0 Å². The molecule has 0 radical (unpaired) electrons. The van der Waals surface area contributed by atoms with Gasteiger partial charge in [-0.25, -0.2) is 0 Å². The van der Waals surface area contributed by atoms with E-state index in [0.717, 1.165) is 38.5 Å². The Balaban J connectivity index is 1.41. The monoisotopic (exact) mass is 552 g/mol. The van der Waals surface area contributed by atoms with Crippen molar-refractivity contribution in [1.29, 1.82) is 0 Å². The molecule has 4 aliphatic heterocycles. The van der Waals surface area contributed by atoms with Crippen LogP contribution in [0.2, 0.25) is 0 Å². The summed E-state index contributed by atoms with van der Waals surface area (Å²) < 4.78 is 35.9. The van der Waals surface area contributed by atoms with Gasteiger partial charge in [-0.1, -0.05) is 0 Å². The van der Waals surface area contributed by atoms with Crippen molar-refractivity contribution < 1.29 is 42.8 Å². The fourth-order valence-electron chi connectivity index (χ4n) is 6.45. The Morgan fingerprint density at radius 2 is 0.692 bits per heavy atom. The molecule has 0 spiro atoms. The van der Waals surface area contributed by atoms with Gasteiger partial charge in [0, 0.05) is 19.3 Å². The van der Waals surface area contributed by atoms with Crippen molar-refractivity contribution in [2.24, 2.45) is 17.8 Å². The second-order valence-electron chi connectivity index (χ2n) is 12.4. The number of hydrogen-bond acceptors (Lipinski definition) is 9. The van der Waals surface area contributed by atoms with Gasteiger partial charge < -0.3 is 28.4 Å². The molecule has 4 saturated heterocycles. The normalized spacial score (nSPS) is 45.2. The molecule has 222 valence electrons. The lowest BCUT2D eigenvalue weighted by Crippen LogP contribution is -2.34. The molecule has 0 aromatic carbocycles. The average molecular weight is 553 g/mol. The van der Waals surface area contributed by atoms with Gasteiger partial charge in [-0.3, -0.25) is 14.4 Å². The van der Waals surface area contributed by atoms with Crippen LogP contribution < -0.4 is 0 Å². The molecule has 0 aliphatic carbocycles. The van der Waals surface area contributed by atoms with Crippen LogP contribution in [0.5, 0.6) is 0 Å². The van der Waals surface area contributed by atoms with Gasteiger partial charge in [0.2, 0.25) is 0 Å². The van der Waals surface area contributed by atoms with Crippen LogP contribution in [0.3, 0.4) is 0 Å². The number of fused-ring (bicyclic) bond motifs is 6. The van der Waals surface area contributed by atoms with Crippen LogP contribution >= 0.6 is 0 Å². The molecule has 0 amide bonds. The van der Waals surface area contributed by atoms with Crippen molar-refractivity contribution >= 4 is 17.9 Å². The topological polar surface area (TPSA) is 107 Å². The number of carbonyl (C=O) groups excluding carboxylic acids is 3. The predicted molar refractivity (Wildman–Crippen MR) is 142 cm³/mol. The molecule has 0 aromatic heterocycles. The average Bonchev–Trinajstić information content (AvgIpc) is 3.63. The van der Waals surface area contributed by atoms with E-state index in [0.29, 0.717) is 19.3 Å². The standard InChI is InChI=1S/C30H48O9/c1-16-13-22-7-10-26(37-22)20(5)29(32)35-18(3)15-24-9-12-27(39-24)21(6)30(33)36-17(2)14-23-8-11-25(38-23)19(4)28(31)34-16/h16-27H,7-15H2,1-6H3/t16-,17-,18+,19+,20-,21+,22-,23-,24-,25+,26+,27+/m1/s1. The lowest BCUT2D eigenvalue weighted by molar-refractivity contribution is -0.162. The van der Waals surface area contributed by atoms with Crippen molar-refractivity contribution in [1.82, 2.24) is 0 Å². The van der Waals surface area contributed by atoms with Crippen molar-refractivity contribution in [2.75, 3.05) is 0 Å². The third kappa shape index (κ3) is 7.94. The molecule has 39 heavy (non-hydrogen) atoms. The van der Waals surface area contributed by atoms with Crippen molar-refractivity contribution in [2.45, 2.75) is 154 Å². The summed E-state index contributed by atoms with van der Waals surface area (Å²) in [4.78, 5) is 38.6. The summed E-state index contributed by atoms with van der Waals surface area (Å²) in [5.41, 5.74) is 0. The van der Waals surface area contributed by atoms with E-state index in [1.807, 2.05) is 41.5 Å². The predicted octanol–water partition coefficient (Wildman–Crippen LogP) is 4.52. The quantitative estimate of drug-likeness (QED) is 0.317. The number of cyclic esters (lactones) is 3. The lowest BCUT2D eigenvalue weighted by Gasteiger charge is -2.26. The van der Waals surface area contributed by atoms with Gasteiger partial charge in [-0.2, -0.15) is 0 Å². The highest BCUT2D eigenvalue weighted by atomic mass is 16.6. The zero-order valence-electron chi connectivity index (χ0n) is 24.5. The summed E-state index contributed by atoms with van der Waals surface area (Å²) in [6, 6.07) is 0. The Kier molecular flexibility index (Phi) is 10.3. The Morgan fingerprint density at radius 1 is 0.436 bits per heavy atom. The highest BCUT2D eigenvalue weighted by Gasteiger charge is 2.39. The maximum Gasteiger partial charge on any atom is 0.311 e. The second-order valence-corrected chi connectivity index (χ2v) is 12.4. The van der Waals surface area contributed by atoms with E-state index in [9.17, 15) is 14.4 Å². The summed E-state index contributed by atoms with van der Waals surface area (Å²) in [6.45, 7) is 11.2. The fourth-order valence-corrected chi connectivity index (χ4v) is 6.45. The molecule has 12 atom stereocenters. The van der Waals surface area contributed by atoms with Gasteiger partial charge in [0.25, 0.3) is 0 Å². The summed E-state index contributed by atoms with van der Waals surface area (Å²) in [6.07, 6.45) is 4.78. The first-order chi connectivity index (χ1) is 18.5. The van der Waals surface area contributed by atoms with Crippen LogP contribution in [-0.4, -0.2) is 72.8 Å². The highest BCUT2D eigenvalue weighted by molar-refractivity contribution is 5.74. The third-order valence-electron chi connectivity index (χ3n) is 8.95. The Labute approximate surface area is 232 Å². The Morgan fingerprint density at radius 3 is 0.949 bits per heavy atom. The third-order valence-corrected chi connectivity index (χ3v) is 8.95. The van der Waals surface area contributed by atoms with Gasteiger partial charge in [0.1, 0.15) is 18.3 Å². The fraction of sp³-hybridized carbons (Fsp3) is 0.900. The van der Waals surface area contributed by atoms with Crippen LogP contribution in [0, 0.1) is 17.8 Å². The van der Waals surface area contributed by atoms with Gasteiger partial charge in [0.05, 0.1) is 54.4 Å². The van der Waals surface area contributed by atoms with Crippen molar-refractivity contribution in [3.05, 3.63) is 0 Å². The first-order valence-electron chi connectivity index (χ1n) is 15.1. The number of esters is 3. The van der Waals surface area contributed by atoms with Gasteiger partial charge >= 0.3 is 17.9 Å². The molecule has 0 aromatic rings. The van der Waals surface area contributed by atoms with E-state index in [1.54, 1.807) is 0 Å². The van der Waals surface area contributed by atoms with Crippen LogP contribution in [0.15, 0.2) is 0 Å². The summed E-state index contributed by atoms with van der Waals surface area (Å²) >= 11 is 0. The van der Waals surface area contributed by atoms with E-state index >= 15 is 0 Å². The molecule has 6 bridgehead atoms. The van der Waals surface area contributed by atoms with Crippen LogP contribution in [0.1, 0.15) is 99.3 Å². The first-order valence-corrected chi connectivity index (χ1v) is 15.1. The minimum absolute atomic E-state index is 0.0616. The highest BCUT2D eigenvalue weighted by Crippen LogP contribution is 2.33. The molecule has 4 aliphatic rings. The molecule has 9 heteroatoms. The molecular weight excluding hydrogens is 504 g/mol. The molecule has 4 heterocycles. The Bertz CT molecular complexity index is 752. The van der Waals surface area contributed by atoms with E-state index in [-0.39, 0.29) is 90.6 Å². The molecule has 0 N–H and O–H groups in total. The Hall–Kier alpha value is -1.71. The SMILES string of the molecule is C[C@@H]1C[C@H]2CC[C@H](O2)[C@H](C)C(=O)O[C@H](C)C[C@H]2CC[C@H](O2)[C@@H](C)C(=O)O[C@@H](C)C[C@H]2CC[C@H](O2)[C@H](C)C(=O)O1. The molecule has 0 saturated carbocycles. The minimum atomic E-state index is -0.387. The van der Waals surface area contributed by atoms with Crippen molar-refractivity contribution in [3.8, 4) is 0 Å². The number of hydrogen-bond donors (Lipinski definition) is 0. The number of carbonyl (C=O) groups is 3. The van der Waals surface area contributed by atoms with Gasteiger partial charge in [-0.15, -0.1) is 0 Å². The molecule has 9 nitrogen and oxygen atoms in total. The number of ether oxygens (including phenoxy) is 6. The van der Waals surface area contributed by atoms with E-state index in [1.165, 1.54) is 0 Å². The summed E-state index contributed by atoms with van der Waals surface area (Å²) in [5.74, 6) is -1.98. The first kappa shape index (κ1) is 30.3. The van der Waals surface area contributed by atoms with E-state index in [4.69, 9.17) is 28.4 Å². The van der Waals surface area contributed by atoms with Crippen molar-refractivity contribution in [3.63, 3.8) is 0 Å². The number of rotatable bonds is 0. The second kappa shape index (κ2) is 13.3. The zero-order chi connectivity index (χ0) is 28.3. The van der Waals surface area contributed by atoms with Crippen LogP contribution in [0.4, 0.5) is 0 Å².